The van der Waals surface area contributed by atoms with E-state index in [0.717, 1.165) is 12.5 Å². The first-order valence-corrected chi connectivity index (χ1v) is 7.59. The molecule has 0 unspecified atom stereocenters. The topological polar surface area (TPSA) is 108 Å². The third-order valence-corrected chi connectivity index (χ3v) is 2.64. The van der Waals surface area contributed by atoms with Gasteiger partial charge >= 0.3 is 6.89 Å². The molecule has 90 valence electrons. The molecule has 0 aromatic carbocycles. The molecule has 0 aromatic rings. The largest absolute Gasteiger partial charge is 0.528 e. The Labute approximate surface area is 88.2 Å². The van der Waals surface area contributed by atoms with Crippen molar-refractivity contribution in [2.75, 3.05) is 25.7 Å². The van der Waals surface area contributed by atoms with Crippen LogP contribution in [0.15, 0.2) is 0 Å². The van der Waals surface area contributed by atoms with E-state index in [1.54, 1.807) is 0 Å². The lowest BCUT2D eigenvalue weighted by atomic mass is 10.0. The van der Waals surface area contributed by atoms with E-state index >= 15 is 0 Å². The van der Waals surface area contributed by atoms with Gasteiger partial charge in [0.25, 0.3) is 0 Å². The summed E-state index contributed by atoms with van der Waals surface area (Å²) in [6.45, 7) is -2.62. The van der Waals surface area contributed by atoms with E-state index in [0.29, 0.717) is 0 Å². The van der Waals surface area contributed by atoms with Gasteiger partial charge in [-0.1, -0.05) is 0 Å². The molecule has 11 heteroatoms. The van der Waals surface area contributed by atoms with Crippen LogP contribution in [0.2, 0.25) is 0 Å². The van der Waals surface area contributed by atoms with Gasteiger partial charge in [0.2, 0.25) is 20.2 Å². The molecule has 0 radical (unpaired) electrons. The molecule has 0 amide bonds. The van der Waals surface area contributed by atoms with Crippen molar-refractivity contribution in [1.82, 2.24) is 5.23 Å². The predicted octanol–water partition coefficient (Wildman–Crippen LogP) is -2.01. The summed E-state index contributed by atoms with van der Waals surface area (Å²) in [7, 11) is -7.78. The monoisotopic (exact) mass is 260 g/mol. The minimum atomic E-state index is -3.89. The van der Waals surface area contributed by atoms with Gasteiger partial charge in [-0.2, -0.15) is 0 Å². The lowest BCUT2D eigenvalue weighted by Crippen LogP contribution is -2.55. The second-order valence-corrected chi connectivity index (χ2v) is 6.27. The summed E-state index contributed by atoms with van der Waals surface area (Å²) in [6.07, 6.45) is 1.54. The standard InChI is InChI=1S/C4H11BNO7S2/c1-14(7,8)12-5(6-3-4-11-5)13-15(2,9)10/h6H,3-4H2,1-2H3/q-1. The van der Waals surface area contributed by atoms with Crippen molar-refractivity contribution in [3.63, 3.8) is 0 Å². The lowest BCUT2D eigenvalue weighted by Gasteiger charge is -2.32. The molecule has 0 saturated carbocycles. The summed E-state index contributed by atoms with van der Waals surface area (Å²) in [5.41, 5.74) is 0. The molecule has 0 aromatic heterocycles. The molecule has 0 spiro atoms. The van der Waals surface area contributed by atoms with Gasteiger partial charge in [0.05, 0.1) is 12.5 Å². The zero-order valence-electron chi connectivity index (χ0n) is 8.17. The van der Waals surface area contributed by atoms with E-state index in [9.17, 15) is 16.8 Å². The molecule has 1 heterocycles. The van der Waals surface area contributed by atoms with Crippen LogP contribution in [0.1, 0.15) is 0 Å². The van der Waals surface area contributed by atoms with Crippen LogP contribution in [-0.2, 0) is 33.1 Å². The molecule has 1 aliphatic heterocycles. The highest BCUT2D eigenvalue weighted by atomic mass is 32.2. The van der Waals surface area contributed by atoms with Crippen LogP contribution in [0.4, 0.5) is 0 Å². The lowest BCUT2D eigenvalue weighted by molar-refractivity contribution is 0.206. The van der Waals surface area contributed by atoms with Crippen LogP contribution < -0.4 is 5.23 Å². The zero-order valence-corrected chi connectivity index (χ0v) is 9.80. The van der Waals surface area contributed by atoms with Crippen molar-refractivity contribution >= 4 is 27.1 Å². The molecule has 15 heavy (non-hydrogen) atoms. The van der Waals surface area contributed by atoms with Crippen molar-refractivity contribution in [3.8, 4) is 0 Å². The molecule has 1 rings (SSSR count). The molecule has 1 fully saturated rings. The Morgan fingerprint density at radius 2 is 1.60 bits per heavy atom. The Bertz CT molecular complexity index is 386. The van der Waals surface area contributed by atoms with E-state index in [-0.39, 0.29) is 13.2 Å². The molecule has 0 bridgehead atoms. The summed E-state index contributed by atoms with van der Waals surface area (Å²) in [6, 6.07) is 0. The molecule has 1 aliphatic rings. The van der Waals surface area contributed by atoms with Gasteiger partial charge in [-0.3, -0.25) is 0 Å². The highest BCUT2D eigenvalue weighted by Crippen LogP contribution is 2.15. The van der Waals surface area contributed by atoms with Gasteiger partial charge in [0.1, 0.15) is 0 Å². The maximum absolute atomic E-state index is 10.9. The average molecular weight is 260 g/mol. The Hall–Kier alpha value is -0.195. The fourth-order valence-electron chi connectivity index (χ4n) is 1.11. The summed E-state index contributed by atoms with van der Waals surface area (Å²) in [5.74, 6) is 0. The molecular weight excluding hydrogens is 249 g/mol. The van der Waals surface area contributed by atoms with E-state index in [4.69, 9.17) is 4.65 Å². The van der Waals surface area contributed by atoms with Crippen molar-refractivity contribution in [2.45, 2.75) is 0 Å². The molecule has 8 nitrogen and oxygen atoms in total. The van der Waals surface area contributed by atoms with Gasteiger partial charge in [0.15, 0.2) is 0 Å². The van der Waals surface area contributed by atoms with Gasteiger partial charge in [-0.05, 0) is 6.54 Å². The normalized spacial score (nSPS) is 21.7. The zero-order chi connectivity index (χ0) is 11.7. The summed E-state index contributed by atoms with van der Waals surface area (Å²) >= 11 is 0. The van der Waals surface area contributed by atoms with Crippen LogP contribution in [-0.4, -0.2) is 49.4 Å². The Balaban J connectivity index is 2.90. The van der Waals surface area contributed by atoms with Gasteiger partial charge in [-0.15, -0.1) is 0 Å². The van der Waals surface area contributed by atoms with E-state index in [2.05, 4.69) is 13.4 Å². The van der Waals surface area contributed by atoms with Crippen LogP contribution in [0.5, 0.6) is 0 Å². The van der Waals surface area contributed by atoms with Crippen LogP contribution in [0.25, 0.3) is 0 Å². The van der Waals surface area contributed by atoms with Crippen LogP contribution >= 0.6 is 0 Å². The maximum Gasteiger partial charge on any atom is 0.488 e. The minimum Gasteiger partial charge on any atom is -0.528 e. The molecule has 0 aliphatic carbocycles. The SMILES string of the molecule is CS(=O)(=O)O[B-]1(OS(C)(=O)=O)NCCO1. The Morgan fingerprint density at radius 3 is 1.87 bits per heavy atom. The summed E-state index contributed by atoms with van der Waals surface area (Å²) < 4.78 is 57.3. The van der Waals surface area contributed by atoms with Gasteiger partial charge < -0.3 is 18.1 Å². The predicted molar refractivity (Wildman–Crippen MR) is 51.6 cm³/mol. The highest BCUT2D eigenvalue weighted by Gasteiger charge is 2.40. The van der Waals surface area contributed by atoms with Crippen molar-refractivity contribution in [2.24, 2.45) is 0 Å². The first kappa shape index (κ1) is 12.9. The van der Waals surface area contributed by atoms with E-state index in [1.165, 1.54) is 0 Å². The van der Waals surface area contributed by atoms with E-state index in [1.807, 2.05) is 0 Å². The third-order valence-electron chi connectivity index (χ3n) is 1.44. The number of nitrogens with one attached hydrogen (secondary N) is 1. The molecule has 0 atom stereocenters. The van der Waals surface area contributed by atoms with Crippen LogP contribution in [0, 0.1) is 0 Å². The Kier molecular flexibility index (Phi) is 3.43. The second-order valence-electron chi connectivity index (χ2n) is 3.07. The first-order valence-electron chi connectivity index (χ1n) is 3.95. The fourth-order valence-corrected chi connectivity index (χ4v) is 2.40. The minimum absolute atomic E-state index is 0.102. The number of hydrogen-bond donors (Lipinski definition) is 1. The summed E-state index contributed by atoms with van der Waals surface area (Å²) in [4.78, 5) is 0. The van der Waals surface area contributed by atoms with Crippen LogP contribution in [0.3, 0.4) is 0 Å². The molecule has 1 N–H and O–H groups in total. The summed E-state index contributed by atoms with van der Waals surface area (Å²) in [5, 5.41) is 2.42. The number of hydrogen-bond acceptors (Lipinski definition) is 8. The smallest absolute Gasteiger partial charge is 0.488 e. The average Bonchev–Trinajstić information content (AvgIpc) is 2.27. The van der Waals surface area contributed by atoms with Crippen molar-refractivity contribution < 1.29 is 29.7 Å². The number of rotatable bonds is 4. The first-order chi connectivity index (χ1) is 6.62. The fraction of sp³-hybridized carbons (Fsp3) is 1.00. The molecular formula is C4H11BNO7S2-. The van der Waals surface area contributed by atoms with Crippen molar-refractivity contribution in [1.29, 1.82) is 0 Å². The van der Waals surface area contributed by atoms with Gasteiger partial charge in [-0.25, -0.2) is 16.8 Å². The van der Waals surface area contributed by atoms with Gasteiger partial charge in [0, 0.05) is 6.61 Å². The van der Waals surface area contributed by atoms with Crippen molar-refractivity contribution in [3.05, 3.63) is 0 Å². The second kappa shape index (κ2) is 3.99. The van der Waals surface area contributed by atoms with E-state index < -0.39 is 27.1 Å². The molecule has 1 saturated heterocycles. The quantitative estimate of drug-likeness (QED) is 0.578. The third kappa shape index (κ3) is 4.44. The highest BCUT2D eigenvalue weighted by molar-refractivity contribution is 7.88. The maximum atomic E-state index is 10.9. The Morgan fingerprint density at radius 1 is 1.13 bits per heavy atom.